The zero-order valence-electron chi connectivity index (χ0n) is 10.4. The maximum atomic E-state index is 12.0. The molecule has 0 saturated carbocycles. The molecule has 1 aliphatic rings. The lowest BCUT2D eigenvalue weighted by Gasteiger charge is -2.30. The smallest absolute Gasteiger partial charge is 0.323 e. The molecule has 1 aromatic heterocycles. The minimum absolute atomic E-state index is 0.0290. The van der Waals surface area contributed by atoms with E-state index in [1.54, 1.807) is 6.20 Å². The zero-order valence-corrected chi connectivity index (χ0v) is 10.4. The summed E-state index contributed by atoms with van der Waals surface area (Å²) >= 11 is 0. The Labute approximate surface area is 102 Å². The molecular weight excluding hydrogens is 214 g/mol. The summed E-state index contributed by atoms with van der Waals surface area (Å²) in [4.78, 5) is 18.0. The van der Waals surface area contributed by atoms with Crippen molar-refractivity contribution in [2.24, 2.45) is 5.92 Å². The van der Waals surface area contributed by atoms with Gasteiger partial charge in [0, 0.05) is 19.3 Å². The van der Waals surface area contributed by atoms with Crippen molar-refractivity contribution >= 4 is 11.8 Å². The molecule has 4 nitrogen and oxygen atoms in total. The second-order valence-electron chi connectivity index (χ2n) is 4.77. The van der Waals surface area contributed by atoms with Crippen molar-refractivity contribution in [3.8, 4) is 0 Å². The highest BCUT2D eigenvalue weighted by Crippen LogP contribution is 2.17. The summed E-state index contributed by atoms with van der Waals surface area (Å²) in [7, 11) is 0. The van der Waals surface area contributed by atoms with E-state index in [1.165, 1.54) is 0 Å². The molecule has 92 valence electrons. The minimum atomic E-state index is -0.0290. The maximum absolute atomic E-state index is 12.0. The molecule has 0 atom stereocenters. The van der Waals surface area contributed by atoms with Gasteiger partial charge < -0.3 is 4.90 Å². The molecular formula is C13H19N3O. The molecule has 1 saturated heterocycles. The number of carbonyl (C=O) groups is 1. The summed E-state index contributed by atoms with van der Waals surface area (Å²) in [6.45, 7) is 5.87. The van der Waals surface area contributed by atoms with Gasteiger partial charge in [-0.25, -0.2) is 9.78 Å². The number of nitrogens with one attached hydrogen (secondary N) is 1. The van der Waals surface area contributed by atoms with Crippen molar-refractivity contribution in [2.75, 3.05) is 18.4 Å². The van der Waals surface area contributed by atoms with Gasteiger partial charge in [-0.3, -0.25) is 5.32 Å². The normalized spacial score (nSPS) is 16.9. The second-order valence-corrected chi connectivity index (χ2v) is 4.77. The number of hydrogen-bond acceptors (Lipinski definition) is 2. The average Bonchev–Trinajstić information content (AvgIpc) is 2.33. The van der Waals surface area contributed by atoms with Crippen molar-refractivity contribution in [2.45, 2.75) is 26.7 Å². The summed E-state index contributed by atoms with van der Waals surface area (Å²) in [5.41, 5.74) is 0.992. The standard InChI is InChI=1S/C13H19N3O/c1-10-5-8-16(9-6-10)13(17)15-12-11(2)4-3-7-14-12/h3-4,7,10H,5-6,8-9H2,1-2H3,(H,14,15,17). The van der Waals surface area contributed by atoms with Gasteiger partial charge in [-0.15, -0.1) is 0 Å². The number of aryl methyl sites for hydroxylation is 1. The number of likely N-dealkylation sites (tertiary alicyclic amines) is 1. The highest BCUT2D eigenvalue weighted by atomic mass is 16.2. The van der Waals surface area contributed by atoms with Crippen LogP contribution in [0.2, 0.25) is 0 Å². The predicted molar refractivity (Wildman–Crippen MR) is 68.0 cm³/mol. The first-order valence-corrected chi connectivity index (χ1v) is 6.14. The summed E-state index contributed by atoms with van der Waals surface area (Å²) in [6.07, 6.45) is 3.88. The highest BCUT2D eigenvalue weighted by molar-refractivity contribution is 5.89. The van der Waals surface area contributed by atoms with Crippen LogP contribution in [-0.4, -0.2) is 29.0 Å². The van der Waals surface area contributed by atoms with Crippen LogP contribution >= 0.6 is 0 Å². The van der Waals surface area contributed by atoms with Crippen LogP contribution in [0.3, 0.4) is 0 Å². The first-order valence-electron chi connectivity index (χ1n) is 6.14. The topological polar surface area (TPSA) is 45.2 Å². The predicted octanol–water partition coefficient (Wildman–Crippen LogP) is 2.65. The fourth-order valence-electron chi connectivity index (χ4n) is 2.01. The van der Waals surface area contributed by atoms with Gasteiger partial charge in [0.25, 0.3) is 0 Å². The molecule has 1 aliphatic heterocycles. The maximum Gasteiger partial charge on any atom is 0.323 e. The zero-order chi connectivity index (χ0) is 12.3. The number of anilines is 1. The lowest BCUT2D eigenvalue weighted by Crippen LogP contribution is -2.40. The first kappa shape index (κ1) is 11.9. The van der Waals surface area contributed by atoms with Crippen LogP contribution in [0.15, 0.2) is 18.3 Å². The van der Waals surface area contributed by atoms with E-state index in [1.807, 2.05) is 24.0 Å². The molecule has 2 rings (SSSR count). The van der Waals surface area contributed by atoms with Crippen LogP contribution in [0.1, 0.15) is 25.3 Å². The van der Waals surface area contributed by atoms with Crippen LogP contribution in [0.5, 0.6) is 0 Å². The number of carbonyl (C=O) groups excluding carboxylic acids is 1. The molecule has 0 spiro atoms. The Morgan fingerprint density at radius 2 is 2.18 bits per heavy atom. The van der Waals surface area contributed by atoms with Gasteiger partial charge in [0.15, 0.2) is 0 Å². The molecule has 0 bridgehead atoms. The van der Waals surface area contributed by atoms with E-state index in [-0.39, 0.29) is 6.03 Å². The van der Waals surface area contributed by atoms with E-state index in [0.717, 1.165) is 37.4 Å². The Bertz CT molecular complexity index is 397. The van der Waals surface area contributed by atoms with E-state index < -0.39 is 0 Å². The molecule has 1 N–H and O–H groups in total. The molecule has 0 unspecified atom stereocenters. The summed E-state index contributed by atoms with van der Waals surface area (Å²) in [5.74, 6) is 1.40. The highest BCUT2D eigenvalue weighted by Gasteiger charge is 2.20. The largest absolute Gasteiger partial charge is 0.324 e. The Morgan fingerprint density at radius 1 is 1.47 bits per heavy atom. The average molecular weight is 233 g/mol. The van der Waals surface area contributed by atoms with Crippen LogP contribution in [0.4, 0.5) is 10.6 Å². The van der Waals surface area contributed by atoms with Gasteiger partial charge >= 0.3 is 6.03 Å². The van der Waals surface area contributed by atoms with Crippen LogP contribution in [0.25, 0.3) is 0 Å². The van der Waals surface area contributed by atoms with E-state index >= 15 is 0 Å². The van der Waals surface area contributed by atoms with Crippen LogP contribution < -0.4 is 5.32 Å². The number of pyridine rings is 1. The Balaban J connectivity index is 1.95. The van der Waals surface area contributed by atoms with Crippen molar-refractivity contribution < 1.29 is 4.79 Å². The quantitative estimate of drug-likeness (QED) is 0.810. The Hall–Kier alpha value is -1.58. The van der Waals surface area contributed by atoms with E-state index in [9.17, 15) is 4.79 Å². The SMILES string of the molecule is Cc1cccnc1NC(=O)N1CCC(C)CC1. The molecule has 1 fully saturated rings. The number of nitrogens with zero attached hydrogens (tertiary/aromatic N) is 2. The van der Waals surface area contributed by atoms with Gasteiger partial charge in [-0.05, 0) is 37.3 Å². The van der Waals surface area contributed by atoms with Gasteiger partial charge in [-0.1, -0.05) is 13.0 Å². The van der Waals surface area contributed by atoms with E-state index in [4.69, 9.17) is 0 Å². The van der Waals surface area contributed by atoms with Crippen molar-refractivity contribution in [1.82, 2.24) is 9.88 Å². The number of piperidine rings is 1. The van der Waals surface area contributed by atoms with Crippen LogP contribution in [0, 0.1) is 12.8 Å². The molecule has 2 amide bonds. The molecule has 0 aliphatic carbocycles. The minimum Gasteiger partial charge on any atom is -0.324 e. The van der Waals surface area contributed by atoms with Gasteiger partial charge in [0.1, 0.15) is 5.82 Å². The fraction of sp³-hybridized carbons (Fsp3) is 0.538. The van der Waals surface area contributed by atoms with E-state index in [0.29, 0.717) is 5.82 Å². The van der Waals surface area contributed by atoms with Crippen molar-refractivity contribution in [3.05, 3.63) is 23.9 Å². The summed E-state index contributed by atoms with van der Waals surface area (Å²) in [5, 5.41) is 2.87. The van der Waals surface area contributed by atoms with E-state index in [2.05, 4.69) is 17.2 Å². The number of hydrogen-bond donors (Lipinski definition) is 1. The molecule has 4 heteroatoms. The summed E-state index contributed by atoms with van der Waals surface area (Å²) < 4.78 is 0. The van der Waals surface area contributed by atoms with Gasteiger partial charge in [0.05, 0.1) is 0 Å². The second kappa shape index (κ2) is 5.17. The van der Waals surface area contributed by atoms with Crippen molar-refractivity contribution in [1.29, 1.82) is 0 Å². The lowest BCUT2D eigenvalue weighted by molar-refractivity contribution is 0.186. The van der Waals surface area contributed by atoms with Gasteiger partial charge in [0.2, 0.25) is 0 Å². The molecule has 1 aromatic rings. The fourth-order valence-corrected chi connectivity index (χ4v) is 2.01. The first-order chi connectivity index (χ1) is 8.16. The molecule has 17 heavy (non-hydrogen) atoms. The number of urea groups is 1. The third-order valence-corrected chi connectivity index (χ3v) is 3.31. The molecule has 0 aromatic carbocycles. The summed E-state index contributed by atoms with van der Waals surface area (Å²) in [6, 6.07) is 3.78. The number of amides is 2. The molecule has 0 radical (unpaired) electrons. The Kier molecular flexibility index (Phi) is 3.61. The lowest BCUT2D eigenvalue weighted by atomic mass is 10.00. The van der Waals surface area contributed by atoms with Gasteiger partial charge in [-0.2, -0.15) is 0 Å². The Morgan fingerprint density at radius 3 is 2.82 bits per heavy atom. The third-order valence-electron chi connectivity index (χ3n) is 3.31. The molecule has 2 heterocycles. The third kappa shape index (κ3) is 2.96. The number of rotatable bonds is 1. The van der Waals surface area contributed by atoms with Crippen molar-refractivity contribution in [3.63, 3.8) is 0 Å². The monoisotopic (exact) mass is 233 g/mol. The van der Waals surface area contributed by atoms with Crippen LogP contribution in [-0.2, 0) is 0 Å². The number of aromatic nitrogens is 1.